The Hall–Kier alpha value is -0.0800. The molecule has 1 fully saturated rings. The highest BCUT2D eigenvalue weighted by Crippen LogP contribution is 2.30. The molecule has 0 aromatic heterocycles. The molecule has 2 heteroatoms. The van der Waals surface area contributed by atoms with Gasteiger partial charge in [-0.25, -0.2) is 0 Å². The smallest absolute Gasteiger partial charge is 0.0169 e. The summed E-state index contributed by atoms with van der Waals surface area (Å²) in [5.74, 6) is 0. The maximum atomic E-state index is 6.47. The van der Waals surface area contributed by atoms with Crippen molar-refractivity contribution in [2.75, 3.05) is 0 Å². The zero-order valence-electron chi connectivity index (χ0n) is 13.1. The van der Waals surface area contributed by atoms with Crippen LogP contribution >= 0.6 is 0 Å². The summed E-state index contributed by atoms with van der Waals surface area (Å²) in [6.07, 6.45) is 18.4. The SMILES string of the molecule is CCCCCCCCCCCC1(N)CCCC(N)C1. The molecule has 0 radical (unpaired) electrons. The molecule has 0 spiro atoms. The fourth-order valence-corrected chi connectivity index (χ4v) is 3.46. The van der Waals surface area contributed by atoms with Crippen LogP contribution in [0.4, 0.5) is 0 Å². The molecule has 2 nitrogen and oxygen atoms in total. The number of rotatable bonds is 10. The van der Waals surface area contributed by atoms with E-state index in [-0.39, 0.29) is 5.54 Å². The topological polar surface area (TPSA) is 52.0 Å². The van der Waals surface area contributed by atoms with Crippen molar-refractivity contribution in [1.82, 2.24) is 0 Å². The molecular weight excluding hydrogens is 232 g/mol. The van der Waals surface area contributed by atoms with E-state index in [4.69, 9.17) is 11.5 Å². The standard InChI is InChI=1S/C17H36N2/c1-2-3-4-5-6-7-8-9-10-13-17(19)14-11-12-16(18)15-17/h16H,2-15,18-19H2,1H3. The maximum Gasteiger partial charge on any atom is 0.0169 e. The van der Waals surface area contributed by atoms with E-state index in [9.17, 15) is 0 Å². The van der Waals surface area contributed by atoms with Crippen LogP contribution in [0.1, 0.15) is 96.8 Å². The largest absolute Gasteiger partial charge is 0.328 e. The highest BCUT2D eigenvalue weighted by molar-refractivity contribution is 4.91. The summed E-state index contributed by atoms with van der Waals surface area (Å²) in [5.41, 5.74) is 12.6. The molecule has 0 aromatic rings. The summed E-state index contributed by atoms with van der Waals surface area (Å²) >= 11 is 0. The van der Waals surface area contributed by atoms with E-state index in [0.29, 0.717) is 6.04 Å². The quantitative estimate of drug-likeness (QED) is 0.573. The van der Waals surface area contributed by atoms with Gasteiger partial charge in [-0.1, -0.05) is 71.1 Å². The average Bonchev–Trinajstić information content (AvgIpc) is 2.36. The van der Waals surface area contributed by atoms with Crippen LogP contribution in [0.15, 0.2) is 0 Å². The summed E-state index contributed by atoms with van der Waals surface area (Å²) < 4.78 is 0. The summed E-state index contributed by atoms with van der Waals surface area (Å²) in [4.78, 5) is 0. The number of unbranched alkanes of at least 4 members (excludes halogenated alkanes) is 8. The van der Waals surface area contributed by atoms with Gasteiger partial charge in [0.2, 0.25) is 0 Å². The van der Waals surface area contributed by atoms with Crippen LogP contribution in [-0.4, -0.2) is 11.6 Å². The molecule has 19 heavy (non-hydrogen) atoms. The van der Waals surface area contributed by atoms with Gasteiger partial charge in [-0.15, -0.1) is 0 Å². The Balaban J connectivity index is 1.92. The molecule has 1 saturated carbocycles. The summed E-state index contributed by atoms with van der Waals surface area (Å²) in [6.45, 7) is 2.28. The predicted molar refractivity (Wildman–Crippen MR) is 85.2 cm³/mol. The Labute approximate surface area is 120 Å². The molecule has 2 unspecified atom stereocenters. The van der Waals surface area contributed by atoms with Gasteiger partial charge in [0.1, 0.15) is 0 Å². The molecule has 0 heterocycles. The van der Waals surface area contributed by atoms with E-state index in [1.807, 2.05) is 0 Å². The van der Waals surface area contributed by atoms with Crippen LogP contribution in [0.25, 0.3) is 0 Å². The second-order valence-electron chi connectivity index (χ2n) is 6.80. The maximum absolute atomic E-state index is 6.47. The highest BCUT2D eigenvalue weighted by Gasteiger charge is 2.30. The molecule has 1 aliphatic rings. The first-order chi connectivity index (χ1) is 9.16. The van der Waals surface area contributed by atoms with Crippen LogP contribution in [0.5, 0.6) is 0 Å². The van der Waals surface area contributed by atoms with Crippen molar-refractivity contribution in [2.24, 2.45) is 11.5 Å². The number of nitrogens with two attached hydrogens (primary N) is 2. The van der Waals surface area contributed by atoms with E-state index in [1.54, 1.807) is 0 Å². The zero-order chi connectivity index (χ0) is 14.0. The Morgan fingerprint density at radius 1 is 0.947 bits per heavy atom. The van der Waals surface area contributed by atoms with E-state index >= 15 is 0 Å². The summed E-state index contributed by atoms with van der Waals surface area (Å²) in [7, 11) is 0. The van der Waals surface area contributed by atoms with Gasteiger partial charge in [-0.3, -0.25) is 0 Å². The average molecular weight is 268 g/mol. The molecule has 0 bridgehead atoms. The fraction of sp³-hybridized carbons (Fsp3) is 1.00. The van der Waals surface area contributed by atoms with Crippen molar-refractivity contribution < 1.29 is 0 Å². The lowest BCUT2D eigenvalue weighted by atomic mass is 9.77. The Kier molecular flexibility index (Phi) is 8.72. The summed E-state index contributed by atoms with van der Waals surface area (Å²) in [5, 5.41) is 0. The first kappa shape index (κ1) is 17.0. The number of hydrogen-bond donors (Lipinski definition) is 2. The van der Waals surface area contributed by atoms with E-state index in [1.165, 1.54) is 83.5 Å². The third kappa shape index (κ3) is 7.94. The Morgan fingerprint density at radius 2 is 1.53 bits per heavy atom. The molecular formula is C17H36N2. The minimum absolute atomic E-state index is 0.0682. The minimum atomic E-state index is 0.0682. The van der Waals surface area contributed by atoms with Gasteiger partial charge in [0.15, 0.2) is 0 Å². The van der Waals surface area contributed by atoms with Crippen molar-refractivity contribution in [1.29, 1.82) is 0 Å². The van der Waals surface area contributed by atoms with Crippen molar-refractivity contribution in [3.8, 4) is 0 Å². The molecule has 114 valence electrons. The van der Waals surface area contributed by atoms with Crippen LogP contribution in [0.2, 0.25) is 0 Å². The van der Waals surface area contributed by atoms with Gasteiger partial charge < -0.3 is 11.5 Å². The molecule has 0 aliphatic heterocycles. The first-order valence-electron chi connectivity index (χ1n) is 8.71. The highest BCUT2D eigenvalue weighted by atomic mass is 14.8. The molecule has 2 atom stereocenters. The van der Waals surface area contributed by atoms with Crippen LogP contribution in [0.3, 0.4) is 0 Å². The van der Waals surface area contributed by atoms with Crippen LogP contribution in [-0.2, 0) is 0 Å². The second kappa shape index (κ2) is 9.77. The van der Waals surface area contributed by atoms with Gasteiger partial charge in [0.05, 0.1) is 0 Å². The lowest BCUT2D eigenvalue weighted by Crippen LogP contribution is -2.48. The Morgan fingerprint density at radius 3 is 2.11 bits per heavy atom. The van der Waals surface area contributed by atoms with Crippen molar-refractivity contribution in [2.45, 2.75) is 108 Å². The van der Waals surface area contributed by atoms with Gasteiger partial charge in [-0.05, 0) is 25.7 Å². The lowest BCUT2D eigenvalue weighted by Gasteiger charge is -2.36. The van der Waals surface area contributed by atoms with Crippen LogP contribution < -0.4 is 11.5 Å². The van der Waals surface area contributed by atoms with Crippen molar-refractivity contribution >= 4 is 0 Å². The molecule has 0 saturated heterocycles. The second-order valence-corrected chi connectivity index (χ2v) is 6.80. The zero-order valence-corrected chi connectivity index (χ0v) is 13.1. The predicted octanol–water partition coefficient (Wildman–Crippen LogP) is 4.51. The molecule has 1 aliphatic carbocycles. The van der Waals surface area contributed by atoms with E-state index in [2.05, 4.69) is 6.92 Å². The Bertz CT molecular complexity index is 217. The molecule has 1 rings (SSSR count). The molecule has 0 amide bonds. The van der Waals surface area contributed by atoms with Gasteiger partial charge in [0, 0.05) is 11.6 Å². The normalized spacial score (nSPS) is 27.6. The number of hydrogen-bond acceptors (Lipinski definition) is 2. The monoisotopic (exact) mass is 268 g/mol. The van der Waals surface area contributed by atoms with Crippen molar-refractivity contribution in [3.05, 3.63) is 0 Å². The summed E-state index contributed by atoms with van der Waals surface area (Å²) in [6, 6.07) is 0.359. The van der Waals surface area contributed by atoms with Gasteiger partial charge in [0.25, 0.3) is 0 Å². The molecule has 0 aromatic carbocycles. The molecule has 4 N–H and O–H groups in total. The van der Waals surface area contributed by atoms with Gasteiger partial charge in [-0.2, -0.15) is 0 Å². The van der Waals surface area contributed by atoms with Gasteiger partial charge >= 0.3 is 0 Å². The van der Waals surface area contributed by atoms with E-state index in [0.717, 1.165) is 6.42 Å². The van der Waals surface area contributed by atoms with Crippen molar-refractivity contribution in [3.63, 3.8) is 0 Å². The fourth-order valence-electron chi connectivity index (χ4n) is 3.46. The third-order valence-corrected chi connectivity index (χ3v) is 4.70. The third-order valence-electron chi connectivity index (χ3n) is 4.70. The minimum Gasteiger partial charge on any atom is -0.328 e. The van der Waals surface area contributed by atoms with E-state index < -0.39 is 0 Å². The van der Waals surface area contributed by atoms with Crippen LogP contribution in [0, 0.1) is 0 Å². The first-order valence-corrected chi connectivity index (χ1v) is 8.71. The lowest BCUT2D eigenvalue weighted by molar-refractivity contribution is 0.246.